The molecule has 1 heterocycles. The number of piperidine rings is 1. The van der Waals surface area contributed by atoms with Crippen LogP contribution in [-0.4, -0.2) is 29.8 Å². The Morgan fingerprint density at radius 1 is 1.33 bits per heavy atom. The van der Waals surface area contributed by atoms with Crippen molar-refractivity contribution < 1.29 is 9.59 Å². The molecule has 0 spiro atoms. The van der Waals surface area contributed by atoms with E-state index in [9.17, 15) is 9.59 Å². The molecule has 1 aromatic carbocycles. The minimum absolute atomic E-state index is 0.0359. The lowest BCUT2D eigenvalue weighted by Crippen LogP contribution is -2.39. The zero-order chi connectivity index (χ0) is 15.4. The molecule has 2 amide bonds. The van der Waals surface area contributed by atoms with Crippen LogP contribution in [0.4, 0.5) is 5.69 Å². The Hall–Kier alpha value is -1.84. The van der Waals surface area contributed by atoms with E-state index in [4.69, 9.17) is 0 Å². The van der Waals surface area contributed by atoms with Crippen molar-refractivity contribution in [1.29, 1.82) is 0 Å². The van der Waals surface area contributed by atoms with Gasteiger partial charge in [0.05, 0.1) is 0 Å². The Kier molecular flexibility index (Phi) is 4.99. The van der Waals surface area contributed by atoms with Gasteiger partial charge in [-0.1, -0.05) is 26.8 Å². The van der Waals surface area contributed by atoms with Crippen LogP contribution in [0, 0.1) is 11.8 Å². The van der Waals surface area contributed by atoms with Crippen LogP contribution in [-0.2, 0) is 4.79 Å². The number of nitrogens with one attached hydrogen (secondary N) is 1. The van der Waals surface area contributed by atoms with E-state index in [-0.39, 0.29) is 17.7 Å². The highest BCUT2D eigenvalue weighted by Crippen LogP contribution is 2.19. The van der Waals surface area contributed by atoms with E-state index in [1.54, 1.807) is 6.07 Å². The quantitative estimate of drug-likeness (QED) is 0.929. The van der Waals surface area contributed by atoms with Crippen molar-refractivity contribution in [2.75, 3.05) is 18.4 Å². The smallest absolute Gasteiger partial charge is 0.253 e. The number of amides is 2. The third-order valence-corrected chi connectivity index (χ3v) is 3.85. The summed E-state index contributed by atoms with van der Waals surface area (Å²) in [5.41, 5.74) is 1.33. The second kappa shape index (κ2) is 6.74. The Morgan fingerprint density at radius 2 is 2.10 bits per heavy atom. The van der Waals surface area contributed by atoms with E-state index in [0.29, 0.717) is 17.2 Å². The van der Waals surface area contributed by atoms with Gasteiger partial charge in [0.15, 0.2) is 0 Å². The summed E-state index contributed by atoms with van der Waals surface area (Å²) in [6.07, 6.45) is 2.25. The van der Waals surface area contributed by atoms with Gasteiger partial charge in [0.1, 0.15) is 0 Å². The largest absolute Gasteiger partial charge is 0.338 e. The lowest BCUT2D eigenvalue weighted by Gasteiger charge is -2.31. The monoisotopic (exact) mass is 288 g/mol. The van der Waals surface area contributed by atoms with Gasteiger partial charge in [-0.25, -0.2) is 0 Å². The van der Waals surface area contributed by atoms with Gasteiger partial charge in [-0.3, -0.25) is 9.59 Å². The minimum Gasteiger partial charge on any atom is -0.338 e. The molecule has 1 atom stereocenters. The maximum Gasteiger partial charge on any atom is 0.253 e. The molecule has 1 aliphatic heterocycles. The number of nitrogens with zero attached hydrogens (tertiary/aromatic N) is 1. The van der Waals surface area contributed by atoms with Gasteiger partial charge >= 0.3 is 0 Å². The molecule has 2 rings (SSSR count). The summed E-state index contributed by atoms with van der Waals surface area (Å²) in [4.78, 5) is 26.2. The van der Waals surface area contributed by atoms with Crippen LogP contribution in [0.3, 0.4) is 0 Å². The van der Waals surface area contributed by atoms with Crippen LogP contribution in [0.1, 0.15) is 44.0 Å². The van der Waals surface area contributed by atoms with Gasteiger partial charge in [0.2, 0.25) is 5.91 Å². The molecular formula is C17H24N2O2. The van der Waals surface area contributed by atoms with Gasteiger partial charge in [-0.2, -0.15) is 0 Å². The van der Waals surface area contributed by atoms with E-state index >= 15 is 0 Å². The van der Waals surface area contributed by atoms with Gasteiger partial charge in [0.25, 0.3) is 5.91 Å². The highest BCUT2D eigenvalue weighted by Gasteiger charge is 2.22. The maximum absolute atomic E-state index is 12.5. The molecule has 4 heteroatoms. The van der Waals surface area contributed by atoms with E-state index in [0.717, 1.165) is 19.5 Å². The predicted molar refractivity (Wildman–Crippen MR) is 84.2 cm³/mol. The molecule has 0 saturated carbocycles. The lowest BCUT2D eigenvalue weighted by atomic mass is 9.99. The third kappa shape index (κ3) is 4.06. The summed E-state index contributed by atoms with van der Waals surface area (Å²) in [7, 11) is 0. The van der Waals surface area contributed by atoms with Gasteiger partial charge in [-0.05, 0) is 37.0 Å². The first-order valence-corrected chi connectivity index (χ1v) is 7.67. The molecule has 1 N–H and O–H groups in total. The summed E-state index contributed by atoms with van der Waals surface area (Å²) in [6, 6.07) is 7.21. The zero-order valence-corrected chi connectivity index (χ0v) is 13.1. The Bertz CT molecular complexity index is 525. The van der Waals surface area contributed by atoms with Crippen molar-refractivity contribution >= 4 is 17.5 Å². The number of hydrogen-bond acceptors (Lipinski definition) is 2. The maximum atomic E-state index is 12.5. The standard InChI is InChI=1S/C17H24N2O2/c1-12(2)16(20)18-15-8-4-7-14(10-15)17(21)19-9-5-6-13(3)11-19/h4,7-8,10,12-13H,5-6,9,11H2,1-3H3,(H,18,20). The lowest BCUT2D eigenvalue weighted by molar-refractivity contribution is -0.118. The summed E-state index contributed by atoms with van der Waals surface area (Å²) >= 11 is 0. The van der Waals surface area contributed by atoms with Gasteiger partial charge in [0, 0.05) is 30.3 Å². The second-order valence-electron chi connectivity index (χ2n) is 6.22. The van der Waals surface area contributed by atoms with Crippen LogP contribution in [0.15, 0.2) is 24.3 Å². The molecule has 1 saturated heterocycles. The Balaban J connectivity index is 2.09. The summed E-state index contributed by atoms with van der Waals surface area (Å²) < 4.78 is 0. The van der Waals surface area contributed by atoms with Crippen molar-refractivity contribution in [1.82, 2.24) is 4.90 Å². The molecule has 1 fully saturated rings. The van der Waals surface area contributed by atoms with Crippen LogP contribution >= 0.6 is 0 Å². The number of rotatable bonds is 3. The molecule has 0 aliphatic carbocycles. The number of carbonyl (C=O) groups is 2. The van der Waals surface area contributed by atoms with E-state index in [1.807, 2.05) is 36.9 Å². The topological polar surface area (TPSA) is 49.4 Å². The van der Waals surface area contributed by atoms with Crippen LogP contribution in [0.5, 0.6) is 0 Å². The van der Waals surface area contributed by atoms with Crippen LogP contribution in [0.25, 0.3) is 0 Å². The molecule has 4 nitrogen and oxygen atoms in total. The average Bonchev–Trinajstić information content (AvgIpc) is 2.46. The van der Waals surface area contributed by atoms with Crippen molar-refractivity contribution in [3.8, 4) is 0 Å². The van der Waals surface area contributed by atoms with Crippen molar-refractivity contribution in [3.05, 3.63) is 29.8 Å². The molecule has 114 valence electrons. The number of carbonyl (C=O) groups excluding carboxylic acids is 2. The van der Waals surface area contributed by atoms with E-state index in [2.05, 4.69) is 12.2 Å². The fraction of sp³-hybridized carbons (Fsp3) is 0.529. The fourth-order valence-corrected chi connectivity index (χ4v) is 2.57. The number of anilines is 1. The molecule has 1 aliphatic rings. The highest BCUT2D eigenvalue weighted by molar-refractivity contribution is 5.97. The second-order valence-corrected chi connectivity index (χ2v) is 6.22. The first-order chi connectivity index (χ1) is 9.97. The normalized spacial score (nSPS) is 18.7. The Labute approximate surface area is 126 Å². The first-order valence-electron chi connectivity index (χ1n) is 7.67. The van der Waals surface area contributed by atoms with Gasteiger partial charge < -0.3 is 10.2 Å². The molecule has 1 aromatic rings. The molecule has 0 radical (unpaired) electrons. The van der Waals surface area contributed by atoms with E-state index in [1.165, 1.54) is 6.42 Å². The number of benzene rings is 1. The number of likely N-dealkylation sites (tertiary alicyclic amines) is 1. The van der Waals surface area contributed by atoms with Crippen LogP contribution in [0.2, 0.25) is 0 Å². The number of hydrogen-bond donors (Lipinski definition) is 1. The van der Waals surface area contributed by atoms with E-state index < -0.39 is 0 Å². The molecule has 0 aromatic heterocycles. The molecule has 1 unspecified atom stereocenters. The van der Waals surface area contributed by atoms with Crippen LogP contribution < -0.4 is 5.32 Å². The fourth-order valence-electron chi connectivity index (χ4n) is 2.57. The highest BCUT2D eigenvalue weighted by atomic mass is 16.2. The third-order valence-electron chi connectivity index (χ3n) is 3.85. The molecular weight excluding hydrogens is 264 g/mol. The van der Waals surface area contributed by atoms with Gasteiger partial charge in [-0.15, -0.1) is 0 Å². The first kappa shape index (κ1) is 15.5. The molecule has 0 bridgehead atoms. The Morgan fingerprint density at radius 3 is 2.76 bits per heavy atom. The SMILES string of the molecule is CC1CCCN(C(=O)c2cccc(NC(=O)C(C)C)c2)C1. The minimum atomic E-state index is -0.0766. The van der Waals surface area contributed by atoms with Crippen molar-refractivity contribution in [2.24, 2.45) is 11.8 Å². The predicted octanol–water partition coefficient (Wildman–Crippen LogP) is 3.15. The summed E-state index contributed by atoms with van der Waals surface area (Å²) in [5, 5.41) is 2.84. The summed E-state index contributed by atoms with van der Waals surface area (Å²) in [6.45, 7) is 7.52. The summed E-state index contributed by atoms with van der Waals surface area (Å²) in [5.74, 6) is 0.507. The zero-order valence-electron chi connectivity index (χ0n) is 13.1. The van der Waals surface area contributed by atoms with Crippen molar-refractivity contribution in [3.63, 3.8) is 0 Å². The van der Waals surface area contributed by atoms with Crippen molar-refractivity contribution in [2.45, 2.75) is 33.6 Å². The molecule has 21 heavy (non-hydrogen) atoms. The average molecular weight is 288 g/mol.